The maximum atomic E-state index is 6.10. The van der Waals surface area contributed by atoms with Crippen LogP contribution in [0.2, 0.25) is 5.02 Å². The highest BCUT2D eigenvalue weighted by Gasteiger charge is 2.07. The molecular formula is C10H8BrClN2. The molecule has 1 heterocycles. The van der Waals surface area contributed by atoms with Crippen molar-refractivity contribution >= 4 is 38.3 Å². The number of nitrogens with zero attached hydrogens (tertiary/aromatic N) is 1. The van der Waals surface area contributed by atoms with E-state index >= 15 is 0 Å². The van der Waals surface area contributed by atoms with Gasteiger partial charge in [-0.2, -0.15) is 0 Å². The van der Waals surface area contributed by atoms with Gasteiger partial charge in [-0.25, -0.2) is 0 Å². The summed E-state index contributed by atoms with van der Waals surface area (Å²) in [5.41, 5.74) is 6.43. The number of nitrogens with two attached hydrogens (primary N) is 1. The van der Waals surface area contributed by atoms with Gasteiger partial charge in [-0.3, -0.25) is 4.98 Å². The Morgan fingerprint density at radius 2 is 2.14 bits per heavy atom. The molecule has 0 fully saturated rings. The van der Waals surface area contributed by atoms with Gasteiger partial charge in [0.1, 0.15) is 0 Å². The summed E-state index contributed by atoms with van der Waals surface area (Å²) in [6.07, 6.45) is 1.74. The number of pyridine rings is 1. The molecular weight excluding hydrogens is 263 g/mol. The largest absolute Gasteiger partial charge is 0.325 e. The van der Waals surface area contributed by atoms with E-state index in [1.807, 2.05) is 18.2 Å². The average Bonchev–Trinajstić information content (AvgIpc) is 2.23. The van der Waals surface area contributed by atoms with Gasteiger partial charge in [-0.1, -0.05) is 27.5 Å². The molecule has 0 spiro atoms. The van der Waals surface area contributed by atoms with Crippen LogP contribution in [0.25, 0.3) is 10.8 Å². The fraction of sp³-hybridized carbons (Fsp3) is 0.100. The molecule has 0 aliphatic carbocycles. The fourth-order valence-electron chi connectivity index (χ4n) is 1.44. The smallest absolute Gasteiger partial charge is 0.0633 e. The van der Waals surface area contributed by atoms with E-state index in [1.54, 1.807) is 6.20 Å². The molecule has 1 aromatic carbocycles. The predicted octanol–water partition coefficient (Wildman–Crippen LogP) is 3.11. The van der Waals surface area contributed by atoms with Crippen LogP contribution in [0.3, 0.4) is 0 Å². The Hall–Kier alpha value is -0.640. The Balaban J connectivity index is 2.92. The molecule has 0 aliphatic rings. The van der Waals surface area contributed by atoms with E-state index in [9.17, 15) is 0 Å². The number of hydrogen-bond acceptors (Lipinski definition) is 2. The van der Waals surface area contributed by atoms with Crippen molar-refractivity contribution in [2.75, 3.05) is 0 Å². The van der Waals surface area contributed by atoms with Crippen molar-refractivity contribution in [3.8, 4) is 0 Å². The van der Waals surface area contributed by atoms with E-state index in [4.69, 9.17) is 17.3 Å². The molecule has 14 heavy (non-hydrogen) atoms. The standard InChI is InChI=1S/C10H8BrClN2/c11-7-1-2-8(12)10-6(7)3-4-14-9(10)5-13/h1-4H,5,13H2. The minimum absolute atomic E-state index is 0.396. The van der Waals surface area contributed by atoms with E-state index in [0.29, 0.717) is 11.6 Å². The highest BCUT2D eigenvalue weighted by Crippen LogP contribution is 2.31. The normalized spacial score (nSPS) is 10.8. The van der Waals surface area contributed by atoms with Gasteiger partial charge in [0, 0.05) is 28.0 Å². The highest BCUT2D eigenvalue weighted by molar-refractivity contribution is 9.10. The molecule has 72 valence electrons. The van der Waals surface area contributed by atoms with Crippen molar-refractivity contribution in [2.24, 2.45) is 5.73 Å². The Bertz CT molecular complexity index is 485. The van der Waals surface area contributed by atoms with Crippen LogP contribution in [-0.4, -0.2) is 4.98 Å². The van der Waals surface area contributed by atoms with Crippen LogP contribution in [-0.2, 0) is 6.54 Å². The first-order valence-electron chi connectivity index (χ1n) is 4.15. The second kappa shape index (κ2) is 3.85. The van der Waals surface area contributed by atoms with Crippen molar-refractivity contribution in [3.63, 3.8) is 0 Å². The first-order chi connectivity index (χ1) is 6.74. The lowest BCUT2D eigenvalue weighted by atomic mass is 10.1. The number of halogens is 2. The lowest BCUT2D eigenvalue weighted by molar-refractivity contribution is 1.01. The van der Waals surface area contributed by atoms with Gasteiger partial charge in [0.15, 0.2) is 0 Å². The molecule has 0 saturated heterocycles. The lowest BCUT2D eigenvalue weighted by Crippen LogP contribution is -2.00. The lowest BCUT2D eigenvalue weighted by Gasteiger charge is -2.06. The maximum Gasteiger partial charge on any atom is 0.0633 e. The van der Waals surface area contributed by atoms with Crippen LogP contribution in [0.4, 0.5) is 0 Å². The van der Waals surface area contributed by atoms with Crippen LogP contribution < -0.4 is 5.73 Å². The van der Waals surface area contributed by atoms with Crippen LogP contribution in [0.15, 0.2) is 28.9 Å². The zero-order valence-electron chi connectivity index (χ0n) is 7.30. The van der Waals surface area contributed by atoms with Crippen molar-refractivity contribution in [2.45, 2.75) is 6.54 Å². The van der Waals surface area contributed by atoms with Crippen molar-refractivity contribution < 1.29 is 0 Å². The van der Waals surface area contributed by atoms with Gasteiger partial charge in [-0.15, -0.1) is 0 Å². The number of aromatic nitrogens is 1. The van der Waals surface area contributed by atoms with Crippen LogP contribution >= 0.6 is 27.5 Å². The Morgan fingerprint density at radius 3 is 2.86 bits per heavy atom. The molecule has 2 nitrogen and oxygen atoms in total. The molecule has 0 unspecified atom stereocenters. The second-order valence-corrected chi connectivity index (χ2v) is 4.18. The summed E-state index contributed by atoms with van der Waals surface area (Å²) < 4.78 is 1.01. The summed E-state index contributed by atoms with van der Waals surface area (Å²) in [5, 5.41) is 2.68. The summed E-state index contributed by atoms with van der Waals surface area (Å²) in [6, 6.07) is 5.68. The van der Waals surface area contributed by atoms with E-state index < -0.39 is 0 Å². The first kappa shape index (κ1) is 9.90. The first-order valence-corrected chi connectivity index (χ1v) is 5.33. The van der Waals surface area contributed by atoms with Crippen molar-refractivity contribution in [1.82, 2.24) is 4.98 Å². The van der Waals surface area contributed by atoms with Crippen LogP contribution in [0.5, 0.6) is 0 Å². The third-order valence-electron chi connectivity index (χ3n) is 2.09. The monoisotopic (exact) mass is 270 g/mol. The summed E-state index contributed by atoms with van der Waals surface area (Å²) >= 11 is 9.56. The molecule has 2 rings (SSSR count). The summed E-state index contributed by atoms with van der Waals surface area (Å²) in [4.78, 5) is 4.20. The van der Waals surface area contributed by atoms with Gasteiger partial charge in [0.2, 0.25) is 0 Å². The van der Waals surface area contributed by atoms with Gasteiger partial charge in [0.05, 0.1) is 10.7 Å². The Labute approximate surface area is 95.2 Å². The predicted molar refractivity (Wildman–Crippen MR) is 62.3 cm³/mol. The van der Waals surface area contributed by atoms with Crippen molar-refractivity contribution in [3.05, 3.63) is 39.6 Å². The topological polar surface area (TPSA) is 38.9 Å². The molecule has 0 radical (unpaired) electrons. The van der Waals surface area contributed by atoms with Crippen LogP contribution in [0, 0.1) is 0 Å². The van der Waals surface area contributed by atoms with E-state index in [1.165, 1.54) is 0 Å². The summed E-state index contributed by atoms with van der Waals surface area (Å²) in [6.45, 7) is 0.396. The van der Waals surface area contributed by atoms with Crippen molar-refractivity contribution in [1.29, 1.82) is 0 Å². The molecule has 0 amide bonds. The molecule has 1 aromatic heterocycles. The molecule has 0 atom stereocenters. The van der Waals surface area contributed by atoms with Gasteiger partial charge >= 0.3 is 0 Å². The zero-order chi connectivity index (χ0) is 10.1. The molecule has 2 N–H and O–H groups in total. The van der Waals surface area contributed by atoms with Gasteiger partial charge in [0.25, 0.3) is 0 Å². The quantitative estimate of drug-likeness (QED) is 0.865. The zero-order valence-corrected chi connectivity index (χ0v) is 9.64. The maximum absolute atomic E-state index is 6.10. The second-order valence-electron chi connectivity index (χ2n) is 2.91. The minimum Gasteiger partial charge on any atom is -0.325 e. The third kappa shape index (κ3) is 1.52. The number of benzene rings is 1. The number of hydrogen-bond donors (Lipinski definition) is 1. The molecule has 2 aromatic rings. The third-order valence-corrected chi connectivity index (χ3v) is 3.10. The van der Waals surface area contributed by atoms with E-state index in [-0.39, 0.29) is 0 Å². The van der Waals surface area contributed by atoms with E-state index in [2.05, 4.69) is 20.9 Å². The van der Waals surface area contributed by atoms with Crippen LogP contribution in [0.1, 0.15) is 5.69 Å². The van der Waals surface area contributed by atoms with Gasteiger partial charge in [-0.05, 0) is 18.2 Å². The fourth-order valence-corrected chi connectivity index (χ4v) is 2.18. The highest BCUT2D eigenvalue weighted by atomic mass is 79.9. The molecule has 0 saturated carbocycles. The SMILES string of the molecule is NCc1nccc2c(Br)ccc(Cl)c12. The van der Waals surface area contributed by atoms with E-state index in [0.717, 1.165) is 20.9 Å². The number of fused-ring (bicyclic) bond motifs is 1. The number of rotatable bonds is 1. The van der Waals surface area contributed by atoms with Gasteiger partial charge < -0.3 is 5.73 Å². The Kier molecular flexibility index (Phi) is 2.72. The Morgan fingerprint density at radius 1 is 1.36 bits per heavy atom. The summed E-state index contributed by atoms with van der Waals surface area (Å²) in [5.74, 6) is 0. The average molecular weight is 272 g/mol. The summed E-state index contributed by atoms with van der Waals surface area (Å²) in [7, 11) is 0. The molecule has 0 aliphatic heterocycles. The minimum atomic E-state index is 0.396. The molecule has 0 bridgehead atoms. The molecule has 4 heteroatoms.